The lowest BCUT2D eigenvalue weighted by Gasteiger charge is -2.26. The summed E-state index contributed by atoms with van der Waals surface area (Å²) in [4.78, 5) is 17.1. The summed E-state index contributed by atoms with van der Waals surface area (Å²) in [7, 11) is 1.91. The Bertz CT molecular complexity index is 1070. The largest absolute Gasteiger partial charge is 0.374 e. The molecule has 1 aromatic carbocycles. The van der Waals surface area contributed by atoms with Gasteiger partial charge in [0.25, 0.3) is 5.91 Å². The zero-order valence-electron chi connectivity index (χ0n) is 16.0. The smallest absolute Gasteiger partial charge is 0.253 e. The van der Waals surface area contributed by atoms with Crippen molar-refractivity contribution < 1.29 is 9.53 Å². The van der Waals surface area contributed by atoms with Crippen LogP contribution in [0.15, 0.2) is 47.2 Å². The Hall–Kier alpha value is -2.69. The highest BCUT2D eigenvalue weighted by atomic mass is 79.9. The lowest BCUT2D eigenvalue weighted by Crippen LogP contribution is -2.47. The fourth-order valence-electron chi connectivity index (χ4n) is 2.93. The summed E-state index contributed by atoms with van der Waals surface area (Å²) in [6.45, 7) is 4.41. The van der Waals surface area contributed by atoms with Gasteiger partial charge in [0.05, 0.1) is 35.9 Å². The molecule has 28 heavy (non-hydrogen) atoms. The van der Waals surface area contributed by atoms with Crippen molar-refractivity contribution in [3.05, 3.63) is 63.9 Å². The number of halogens is 1. The molecule has 0 radical (unpaired) electrons. The van der Waals surface area contributed by atoms with Crippen LogP contribution in [-0.2, 0) is 18.4 Å². The molecule has 0 spiro atoms. The summed E-state index contributed by atoms with van der Waals surface area (Å²) in [6, 6.07) is 11.3. The Labute approximate surface area is 172 Å². The van der Waals surface area contributed by atoms with Gasteiger partial charge in [-0.2, -0.15) is 5.26 Å². The van der Waals surface area contributed by atoms with E-state index in [4.69, 9.17) is 10.00 Å². The Kier molecular flexibility index (Phi) is 5.82. The standard InChI is InChI=1S/C21H21BrN4O2/c1-21(2,13-28-12-15-7-5-4-6-14(15)9-23)25-20(27)16-8-17-18(22)11-26(3)19(17)24-10-16/h4-8,10-11H,12-13H2,1-3H3,(H,25,27). The number of hydrogen-bond acceptors (Lipinski definition) is 4. The van der Waals surface area contributed by atoms with E-state index in [-0.39, 0.29) is 5.91 Å². The lowest BCUT2D eigenvalue weighted by atomic mass is 10.1. The Morgan fingerprint density at radius 3 is 2.89 bits per heavy atom. The first-order chi connectivity index (χ1) is 13.3. The molecule has 0 bridgehead atoms. The molecule has 0 unspecified atom stereocenters. The molecule has 1 N–H and O–H groups in total. The third-order valence-electron chi connectivity index (χ3n) is 4.34. The summed E-state index contributed by atoms with van der Waals surface area (Å²) in [5.41, 5.74) is 2.14. The van der Waals surface area contributed by atoms with Crippen LogP contribution >= 0.6 is 15.9 Å². The number of aromatic nitrogens is 2. The number of fused-ring (bicyclic) bond motifs is 1. The minimum Gasteiger partial charge on any atom is -0.374 e. The maximum absolute atomic E-state index is 12.7. The van der Waals surface area contributed by atoms with Gasteiger partial charge in [-0.15, -0.1) is 0 Å². The molecule has 6 nitrogen and oxygen atoms in total. The van der Waals surface area contributed by atoms with E-state index in [1.165, 1.54) is 0 Å². The number of pyridine rings is 1. The van der Waals surface area contributed by atoms with Gasteiger partial charge in [0.2, 0.25) is 0 Å². The predicted molar refractivity (Wildman–Crippen MR) is 111 cm³/mol. The van der Waals surface area contributed by atoms with Crippen LogP contribution in [0, 0.1) is 11.3 Å². The number of nitriles is 1. The molecule has 0 aliphatic carbocycles. The summed E-state index contributed by atoms with van der Waals surface area (Å²) in [5.74, 6) is -0.212. The first-order valence-corrected chi connectivity index (χ1v) is 9.59. The minimum absolute atomic E-state index is 0.212. The topological polar surface area (TPSA) is 79.9 Å². The molecule has 0 fully saturated rings. The predicted octanol–water partition coefficient (Wildman–Crippen LogP) is 3.93. The van der Waals surface area contributed by atoms with Gasteiger partial charge in [-0.05, 0) is 47.5 Å². The number of ether oxygens (including phenoxy) is 1. The second kappa shape index (κ2) is 8.13. The molecule has 3 rings (SSSR count). The molecule has 0 aliphatic rings. The Morgan fingerprint density at radius 2 is 2.14 bits per heavy atom. The number of rotatable bonds is 6. The summed E-state index contributed by atoms with van der Waals surface area (Å²) in [6.07, 6.45) is 3.49. The van der Waals surface area contributed by atoms with Crippen LogP contribution in [0.25, 0.3) is 11.0 Å². The van der Waals surface area contributed by atoms with Crippen LogP contribution in [0.5, 0.6) is 0 Å². The van der Waals surface area contributed by atoms with E-state index in [1.807, 2.05) is 55.9 Å². The number of aryl methyl sites for hydroxylation is 1. The van der Waals surface area contributed by atoms with Crippen LogP contribution < -0.4 is 5.32 Å². The molecule has 1 amide bonds. The van der Waals surface area contributed by atoms with Gasteiger partial charge >= 0.3 is 0 Å². The second-order valence-electron chi connectivity index (χ2n) is 7.28. The molecule has 2 aromatic heterocycles. The van der Waals surface area contributed by atoms with Crippen molar-refractivity contribution in [1.82, 2.24) is 14.9 Å². The van der Waals surface area contributed by atoms with Gasteiger partial charge in [0.15, 0.2) is 0 Å². The summed E-state index contributed by atoms with van der Waals surface area (Å²) in [5, 5.41) is 13.0. The Balaban J connectivity index is 1.64. The van der Waals surface area contributed by atoms with Crippen LogP contribution in [0.1, 0.15) is 35.3 Å². The molecule has 0 saturated heterocycles. The first-order valence-electron chi connectivity index (χ1n) is 8.79. The van der Waals surface area contributed by atoms with E-state index in [1.54, 1.807) is 12.3 Å². The number of nitrogens with zero attached hydrogens (tertiary/aromatic N) is 3. The van der Waals surface area contributed by atoms with E-state index >= 15 is 0 Å². The fourth-order valence-corrected chi connectivity index (χ4v) is 3.53. The van der Waals surface area contributed by atoms with Gasteiger partial charge < -0.3 is 14.6 Å². The highest BCUT2D eigenvalue weighted by Crippen LogP contribution is 2.25. The van der Waals surface area contributed by atoms with Crippen LogP contribution in [0.3, 0.4) is 0 Å². The molecule has 0 atom stereocenters. The van der Waals surface area contributed by atoms with Gasteiger partial charge in [-0.25, -0.2) is 4.98 Å². The van der Waals surface area contributed by atoms with E-state index in [2.05, 4.69) is 32.3 Å². The molecule has 2 heterocycles. The highest BCUT2D eigenvalue weighted by molar-refractivity contribution is 9.10. The first kappa shape index (κ1) is 20.1. The van der Waals surface area contributed by atoms with Crippen molar-refractivity contribution >= 4 is 32.9 Å². The monoisotopic (exact) mass is 440 g/mol. The third-order valence-corrected chi connectivity index (χ3v) is 4.97. The molecular formula is C21H21BrN4O2. The average molecular weight is 441 g/mol. The summed E-state index contributed by atoms with van der Waals surface area (Å²) >= 11 is 3.50. The van der Waals surface area contributed by atoms with Crippen molar-refractivity contribution in [2.24, 2.45) is 7.05 Å². The van der Waals surface area contributed by atoms with Crippen LogP contribution in [0.2, 0.25) is 0 Å². The van der Waals surface area contributed by atoms with Gasteiger partial charge in [0.1, 0.15) is 5.65 Å². The van der Waals surface area contributed by atoms with Gasteiger partial charge in [0, 0.05) is 29.3 Å². The van der Waals surface area contributed by atoms with E-state index in [0.29, 0.717) is 24.3 Å². The average Bonchev–Trinajstić information content (AvgIpc) is 2.95. The maximum atomic E-state index is 12.7. The van der Waals surface area contributed by atoms with Gasteiger partial charge in [-0.1, -0.05) is 18.2 Å². The number of carbonyl (C=O) groups excluding carboxylic acids is 1. The number of carbonyl (C=O) groups is 1. The molecule has 3 aromatic rings. The fraction of sp³-hybridized carbons (Fsp3) is 0.286. The second-order valence-corrected chi connectivity index (χ2v) is 8.14. The van der Waals surface area contributed by atoms with Crippen molar-refractivity contribution in [2.75, 3.05) is 6.61 Å². The summed E-state index contributed by atoms with van der Waals surface area (Å²) < 4.78 is 8.56. The highest BCUT2D eigenvalue weighted by Gasteiger charge is 2.22. The lowest BCUT2D eigenvalue weighted by molar-refractivity contribution is 0.0616. The van der Waals surface area contributed by atoms with Crippen molar-refractivity contribution in [3.8, 4) is 6.07 Å². The third kappa shape index (κ3) is 4.41. The molecule has 0 aliphatic heterocycles. The minimum atomic E-state index is -0.582. The maximum Gasteiger partial charge on any atom is 0.253 e. The zero-order valence-corrected chi connectivity index (χ0v) is 17.6. The number of hydrogen-bond donors (Lipinski definition) is 1. The number of nitrogens with one attached hydrogen (secondary N) is 1. The quantitative estimate of drug-likeness (QED) is 0.629. The van der Waals surface area contributed by atoms with Crippen LogP contribution in [0.4, 0.5) is 0 Å². The molecule has 144 valence electrons. The van der Waals surface area contributed by atoms with E-state index in [0.717, 1.165) is 21.1 Å². The molecular weight excluding hydrogens is 420 g/mol. The van der Waals surface area contributed by atoms with Crippen molar-refractivity contribution in [2.45, 2.75) is 26.0 Å². The number of benzene rings is 1. The Morgan fingerprint density at radius 1 is 1.39 bits per heavy atom. The normalized spacial score (nSPS) is 11.4. The molecule has 0 saturated carbocycles. The molecule has 7 heteroatoms. The SMILES string of the molecule is Cn1cc(Br)c2cc(C(=O)NC(C)(C)COCc3ccccc3C#N)cnc21. The van der Waals surface area contributed by atoms with E-state index in [9.17, 15) is 4.79 Å². The van der Waals surface area contributed by atoms with Crippen molar-refractivity contribution in [1.29, 1.82) is 5.26 Å². The van der Waals surface area contributed by atoms with Gasteiger partial charge in [-0.3, -0.25) is 4.79 Å². The number of amides is 1. The zero-order chi connectivity index (χ0) is 20.3. The van der Waals surface area contributed by atoms with Crippen molar-refractivity contribution in [3.63, 3.8) is 0 Å². The van der Waals surface area contributed by atoms with E-state index < -0.39 is 5.54 Å². The van der Waals surface area contributed by atoms with Crippen LogP contribution in [-0.4, -0.2) is 27.6 Å².